The molecule has 1 heterocycles. The van der Waals surface area contributed by atoms with Crippen LogP contribution in [-0.2, 0) is 0 Å². The van der Waals surface area contributed by atoms with E-state index in [1.54, 1.807) is 12.1 Å². The Bertz CT molecular complexity index is 1200. The van der Waals surface area contributed by atoms with Gasteiger partial charge in [-0.15, -0.1) is 0 Å². The standard InChI is InChI=1S/C24H22ClN3O3/c1-3-12-31-22-17(25)13-15(14-21(22)30-2)24(29)28-18-9-5-4-8-16(18)23-26-19-10-6-7-11-20(19)27-23/h4-11,13-14H,3,12H2,1-2H3,(H,26,27)(H,28,29). The second-order valence-corrected chi connectivity index (χ2v) is 7.35. The number of imidazole rings is 1. The molecular weight excluding hydrogens is 414 g/mol. The first-order valence-corrected chi connectivity index (χ1v) is 10.3. The minimum atomic E-state index is -0.314. The fourth-order valence-corrected chi connectivity index (χ4v) is 3.53. The van der Waals surface area contributed by atoms with Gasteiger partial charge in [0, 0.05) is 11.1 Å². The number of carbonyl (C=O) groups is 1. The fraction of sp³-hybridized carbons (Fsp3) is 0.167. The number of benzene rings is 3. The lowest BCUT2D eigenvalue weighted by Gasteiger charge is -2.14. The van der Waals surface area contributed by atoms with E-state index < -0.39 is 0 Å². The third-order valence-corrected chi connectivity index (χ3v) is 5.04. The average Bonchev–Trinajstić information content (AvgIpc) is 3.22. The highest BCUT2D eigenvalue weighted by Crippen LogP contribution is 2.37. The van der Waals surface area contributed by atoms with E-state index in [-0.39, 0.29) is 5.91 Å². The van der Waals surface area contributed by atoms with Crippen molar-refractivity contribution in [2.45, 2.75) is 13.3 Å². The molecule has 7 heteroatoms. The van der Waals surface area contributed by atoms with Gasteiger partial charge in [0.2, 0.25) is 0 Å². The lowest BCUT2D eigenvalue weighted by molar-refractivity contribution is 0.102. The van der Waals surface area contributed by atoms with Crippen molar-refractivity contribution in [3.63, 3.8) is 0 Å². The first-order chi connectivity index (χ1) is 15.1. The van der Waals surface area contributed by atoms with Crippen LogP contribution in [0.1, 0.15) is 23.7 Å². The molecule has 1 aromatic heterocycles. The Balaban J connectivity index is 1.64. The Morgan fingerprint density at radius 2 is 1.90 bits per heavy atom. The lowest BCUT2D eigenvalue weighted by Crippen LogP contribution is -2.13. The molecule has 2 N–H and O–H groups in total. The lowest BCUT2D eigenvalue weighted by atomic mass is 10.1. The van der Waals surface area contributed by atoms with Crippen LogP contribution in [0.25, 0.3) is 22.4 Å². The van der Waals surface area contributed by atoms with Gasteiger partial charge >= 0.3 is 0 Å². The van der Waals surface area contributed by atoms with E-state index in [0.717, 1.165) is 23.0 Å². The highest BCUT2D eigenvalue weighted by atomic mass is 35.5. The maximum Gasteiger partial charge on any atom is 0.255 e. The first kappa shape index (κ1) is 20.8. The van der Waals surface area contributed by atoms with Gasteiger partial charge in [0.25, 0.3) is 5.91 Å². The van der Waals surface area contributed by atoms with Crippen molar-refractivity contribution in [1.29, 1.82) is 0 Å². The van der Waals surface area contributed by atoms with E-state index in [9.17, 15) is 4.79 Å². The molecule has 4 rings (SSSR count). The van der Waals surface area contributed by atoms with Gasteiger partial charge in [0.05, 0.1) is 35.5 Å². The predicted molar refractivity (Wildman–Crippen MR) is 123 cm³/mol. The van der Waals surface area contributed by atoms with E-state index in [4.69, 9.17) is 21.1 Å². The molecule has 0 bridgehead atoms. The summed E-state index contributed by atoms with van der Waals surface area (Å²) in [5.74, 6) is 1.21. The Hall–Kier alpha value is -3.51. The number of ether oxygens (including phenoxy) is 2. The minimum absolute atomic E-state index is 0.314. The topological polar surface area (TPSA) is 76.2 Å². The molecule has 1 amide bonds. The van der Waals surface area contributed by atoms with Crippen LogP contribution in [0.3, 0.4) is 0 Å². The molecule has 0 fully saturated rings. The molecule has 0 spiro atoms. The summed E-state index contributed by atoms with van der Waals surface area (Å²) in [4.78, 5) is 21.0. The molecule has 0 saturated heterocycles. The van der Waals surface area contributed by atoms with Crippen molar-refractivity contribution in [2.24, 2.45) is 0 Å². The number of H-pyrrole nitrogens is 1. The molecule has 0 unspecified atom stereocenters. The SMILES string of the molecule is CCCOc1c(Cl)cc(C(=O)Nc2ccccc2-c2nc3ccccc3[nH]2)cc1OC. The summed E-state index contributed by atoms with van der Waals surface area (Å²) in [6.45, 7) is 2.51. The predicted octanol–water partition coefficient (Wildman–Crippen LogP) is 5.93. The van der Waals surface area contributed by atoms with Crippen molar-refractivity contribution in [3.8, 4) is 22.9 Å². The number of para-hydroxylation sites is 3. The number of amides is 1. The van der Waals surface area contributed by atoms with Crippen LogP contribution < -0.4 is 14.8 Å². The van der Waals surface area contributed by atoms with Gasteiger partial charge in [-0.25, -0.2) is 4.98 Å². The van der Waals surface area contributed by atoms with Crippen LogP contribution in [0.5, 0.6) is 11.5 Å². The van der Waals surface area contributed by atoms with Crippen molar-refractivity contribution in [1.82, 2.24) is 9.97 Å². The molecule has 0 aliphatic heterocycles. The largest absolute Gasteiger partial charge is 0.493 e. The molecule has 4 aromatic rings. The van der Waals surface area contributed by atoms with E-state index >= 15 is 0 Å². The highest BCUT2D eigenvalue weighted by Gasteiger charge is 2.18. The summed E-state index contributed by atoms with van der Waals surface area (Å²) in [5.41, 5.74) is 3.57. The van der Waals surface area contributed by atoms with Gasteiger partial charge < -0.3 is 19.8 Å². The number of fused-ring (bicyclic) bond motifs is 1. The summed E-state index contributed by atoms with van der Waals surface area (Å²) < 4.78 is 11.1. The van der Waals surface area contributed by atoms with Crippen molar-refractivity contribution in [3.05, 3.63) is 71.2 Å². The number of halogens is 1. The van der Waals surface area contributed by atoms with Gasteiger partial charge in [0.1, 0.15) is 5.82 Å². The summed E-state index contributed by atoms with van der Waals surface area (Å²) in [6, 6.07) is 18.5. The molecule has 0 atom stereocenters. The molecule has 6 nitrogen and oxygen atoms in total. The number of rotatable bonds is 7. The maximum atomic E-state index is 13.0. The van der Waals surface area contributed by atoms with E-state index in [0.29, 0.717) is 40.2 Å². The molecule has 158 valence electrons. The summed E-state index contributed by atoms with van der Waals surface area (Å²) in [6.07, 6.45) is 0.834. The molecule has 3 aromatic carbocycles. The first-order valence-electron chi connectivity index (χ1n) is 9.96. The van der Waals surface area contributed by atoms with Crippen LogP contribution in [0.15, 0.2) is 60.7 Å². The smallest absolute Gasteiger partial charge is 0.255 e. The van der Waals surface area contributed by atoms with Crippen LogP contribution in [0.2, 0.25) is 5.02 Å². The third-order valence-electron chi connectivity index (χ3n) is 4.76. The third kappa shape index (κ3) is 4.34. The number of anilines is 1. The Morgan fingerprint density at radius 3 is 2.68 bits per heavy atom. The summed E-state index contributed by atoms with van der Waals surface area (Å²) >= 11 is 6.37. The second-order valence-electron chi connectivity index (χ2n) is 6.94. The second kappa shape index (κ2) is 9.10. The average molecular weight is 436 g/mol. The van der Waals surface area contributed by atoms with Gasteiger partial charge in [-0.2, -0.15) is 0 Å². The van der Waals surface area contributed by atoms with Gasteiger partial charge in [-0.05, 0) is 42.8 Å². The summed E-state index contributed by atoms with van der Waals surface area (Å²) in [5, 5.41) is 3.28. The van der Waals surface area contributed by atoms with Gasteiger partial charge in [-0.3, -0.25) is 4.79 Å². The molecule has 0 saturated carbocycles. The minimum Gasteiger partial charge on any atom is -0.493 e. The molecule has 0 radical (unpaired) electrons. The van der Waals surface area contributed by atoms with Crippen LogP contribution in [0, 0.1) is 0 Å². The maximum absolute atomic E-state index is 13.0. The van der Waals surface area contributed by atoms with E-state index in [1.807, 2.05) is 55.5 Å². The van der Waals surface area contributed by atoms with Gasteiger partial charge in [-0.1, -0.05) is 42.8 Å². The van der Waals surface area contributed by atoms with Crippen molar-refractivity contribution in [2.75, 3.05) is 19.0 Å². The number of carbonyl (C=O) groups excluding carboxylic acids is 1. The normalized spacial score (nSPS) is 10.8. The number of hydrogen-bond donors (Lipinski definition) is 2. The number of hydrogen-bond acceptors (Lipinski definition) is 4. The van der Waals surface area contributed by atoms with E-state index in [1.165, 1.54) is 7.11 Å². The van der Waals surface area contributed by atoms with Crippen molar-refractivity contribution >= 4 is 34.2 Å². The zero-order chi connectivity index (χ0) is 21.8. The number of nitrogens with zero attached hydrogens (tertiary/aromatic N) is 1. The van der Waals surface area contributed by atoms with Crippen LogP contribution >= 0.6 is 11.6 Å². The number of aromatic nitrogens is 2. The number of methoxy groups -OCH3 is 1. The molecule has 31 heavy (non-hydrogen) atoms. The molecular formula is C24H22ClN3O3. The fourth-order valence-electron chi connectivity index (χ4n) is 3.27. The quantitative estimate of drug-likeness (QED) is 0.377. The van der Waals surface area contributed by atoms with Crippen LogP contribution in [0.4, 0.5) is 5.69 Å². The number of nitrogens with one attached hydrogen (secondary N) is 2. The Kier molecular flexibility index (Phi) is 6.09. The Labute approximate surface area is 185 Å². The summed E-state index contributed by atoms with van der Waals surface area (Å²) in [7, 11) is 1.52. The monoisotopic (exact) mass is 435 g/mol. The number of aromatic amines is 1. The van der Waals surface area contributed by atoms with Gasteiger partial charge in [0.15, 0.2) is 11.5 Å². The van der Waals surface area contributed by atoms with Crippen LogP contribution in [-0.4, -0.2) is 29.6 Å². The molecule has 0 aliphatic rings. The Morgan fingerprint density at radius 1 is 1.13 bits per heavy atom. The van der Waals surface area contributed by atoms with E-state index in [2.05, 4.69) is 15.3 Å². The van der Waals surface area contributed by atoms with Crippen molar-refractivity contribution < 1.29 is 14.3 Å². The zero-order valence-electron chi connectivity index (χ0n) is 17.2. The highest BCUT2D eigenvalue weighted by molar-refractivity contribution is 6.32. The molecule has 0 aliphatic carbocycles. The zero-order valence-corrected chi connectivity index (χ0v) is 18.0.